The maximum atomic E-state index is 12.0. The molecule has 1 unspecified atom stereocenters. The number of nitrogens with two attached hydrogens (primary N) is 1. The highest BCUT2D eigenvalue weighted by Crippen LogP contribution is 2.52. The van der Waals surface area contributed by atoms with Crippen molar-refractivity contribution in [2.24, 2.45) is 0 Å². The largest absolute Gasteiger partial charge is 0.368 e. The molecule has 3 heterocycles. The first-order chi connectivity index (χ1) is 10.9. The number of halogens is 1. The molecule has 3 N–H and O–H groups in total. The van der Waals surface area contributed by atoms with Gasteiger partial charge in [-0.15, -0.1) is 0 Å². The average molecular weight is 362 g/mol. The van der Waals surface area contributed by atoms with Crippen LogP contribution in [0.1, 0.15) is 19.8 Å². The zero-order chi connectivity index (χ0) is 16.6. The molecule has 1 fully saturated rings. The first kappa shape index (κ1) is 16.6. The number of hydrogen-bond acceptors (Lipinski definition) is 7. The van der Waals surface area contributed by atoms with Crippen LogP contribution in [0.2, 0.25) is 5.15 Å². The average Bonchev–Trinajstić information content (AvgIpc) is 3.08. The minimum absolute atomic E-state index is 0.0608. The summed E-state index contributed by atoms with van der Waals surface area (Å²) in [6, 6.07) is 0. The maximum Gasteiger partial charge on any atom is 0.356 e. The second-order valence-electron chi connectivity index (χ2n) is 5.21. The van der Waals surface area contributed by atoms with E-state index in [2.05, 4.69) is 15.0 Å². The Labute approximate surface area is 137 Å². The van der Waals surface area contributed by atoms with E-state index < -0.39 is 13.4 Å². The van der Waals surface area contributed by atoms with Crippen molar-refractivity contribution >= 4 is 36.3 Å². The fourth-order valence-electron chi connectivity index (χ4n) is 2.61. The van der Waals surface area contributed by atoms with E-state index in [1.54, 1.807) is 17.8 Å². The third kappa shape index (κ3) is 3.34. The second kappa shape index (κ2) is 6.33. The summed E-state index contributed by atoms with van der Waals surface area (Å²) >= 11 is 5.99. The monoisotopic (exact) mass is 361 g/mol. The maximum absolute atomic E-state index is 12.0. The molecule has 9 nitrogen and oxygen atoms in total. The van der Waals surface area contributed by atoms with Gasteiger partial charge >= 0.3 is 7.60 Å². The minimum atomic E-state index is -3.75. The molecule has 1 saturated heterocycles. The first-order valence-corrected chi connectivity index (χ1v) is 9.19. The predicted molar refractivity (Wildman–Crippen MR) is 84.1 cm³/mol. The van der Waals surface area contributed by atoms with Gasteiger partial charge in [0.2, 0.25) is 5.95 Å². The molecule has 0 aliphatic carbocycles. The Morgan fingerprint density at radius 3 is 3.09 bits per heavy atom. The van der Waals surface area contributed by atoms with Crippen LogP contribution in [0, 0.1) is 0 Å². The normalized spacial score (nSPS) is 24.1. The van der Waals surface area contributed by atoms with Crippen LogP contribution in [0.5, 0.6) is 0 Å². The van der Waals surface area contributed by atoms with Gasteiger partial charge in [-0.1, -0.05) is 11.6 Å². The molecule has 3 atom stereocenters. The second-order valence-corrected chi connectivity index (χ2v) is 7.53. The Morgan fingerprint density at radius 1 is 1.57 bits per heavy atom. The van der Waals surface area contributed by atoms with Gasteiger partial charge in [0.15, 0.2) is 16.6 Å². The van der Waals surface area contributed by atoms with Crippen LogP contribution >= 0.6 is 19.2 Å². The summed E-state index contributed by atoms with van der Waals surface area (Å²) in [4.78, 5) is 22.0. The third-order valence-corrected chi connectivity index (χ3v) is 5.60. The molecular formula is C12H17ClN5O4P. The summed E-state index contributed by atoms with van der Waals surface area (Å²) in [6.07, 6.45) is 2.43. The first-order valence-electron chi connectivity index (χ1n) is 7.17. The number of hydrogen-bond donors (Lipinski definition) is 2. The number of nitrogens with zero attached hydrogens (tertiary/aromatic N) is 4. The van der Waals surface area contributed by atoms with Gasteiger partial charge in [-0.2, -0.15) is 9.97 Å². The van der Waals surface area contributed by atoms with E-state index in [-0.39, 0.29) is 23.8 Å². The highest BCUT2D eigenvalue weighted by atomic mass is 35.5. The summed E-state index contributed by atoms with van der Waals surface area (Å²) in [5.74, 6) is -0.740. The van der Waals surface area contributed by atoms with Crippen LogP contribution in [0.4, 0.5) is 5.95 Å². The number of ether oxygens (including phenoxy) is 1. The van der Waals surface area contributed by atoms with Crippen molar-refractivity contribution in [3.05, 3.63) is 11.5 Å². The van der Waals surface area contributed by atoms with E-state index in [4.69, 9.17) is 26.6 Å². The van der Waals surface area contributed by atoms with Gasteiger partial charge in [0.1, 0.15) is 5.52 Å². The lowest BCUT2D eigenvalue weighted by atomic mass is 10.2. The number of rotatable bonds is 5. The van der Waals surface area contributed by atoms with Gasteiger partial charge in [-0.25, -0.2) is 4.98 Å². The smallest absolute Gasteiger partial charge is 0.356 e. The van der Waals surface area contributed by atoms with Gasteiger partial charge in [0.05, 0.1) is 25.6 Å². The zero-order valence-corrected chi connectivity index (χ0v) is 14.1. The van der Waals surface area contributed by atoms with E-state index in [0.717, 1.165) is 0 Å². The van der Waals surface area contributed by atoms with Crippen LogP contribution in [0.15, 0.2) is 6.33 Å². The molecule has 3 rings (SSSR count). The van der Waals surface area contributed by atoms with Crippen LogP contribution in [0.25, 0.3) is 11.2 Å². The number of fused-ring (bicyclic) bond motifs is 1. The molecule has 0 spiro atoms. The Balaban J connectivity index is 1.75. The van der Waals surface area contributed by atoms with Crippen molar-refractivity contribution in [3.8, 4) is 0 Å². The molecular weight excluding hydrogens is 345 g/mol. The molecule has 1 aliphatic rings. The van der Waals surface area contributed by atoms with Crippen LogP contribution < -0.4 is 5.73 Å². The highest BCUT2D eigenvalue weighted by Gasteiger charge is 2.40. The van der Waals surface area contributed by atoms with Crippen molar-refractivity contribution in [1.82, 2.24) is 19.5 Å². The lowest BCUT2D eigenvalue weighted by Crippen LogP contribution is -2.18. The molecule has 0 aromatic carbocycles. The minimum Gasteiger partial charge on any atom is -0.368 e. The van der Waals surface area contributed by atoms with Crippen molar-refractivity contribution < 1.29 is 18.7 Å². The molecule has 0 amide bonds. The standard InChI is InChI=1S/C12H17ClN5O4P/c1-2-21-23(19,20)8-4-3-7(22-8)5-18-6-15-9-10(13)16-12(14)17-11(9)18/h6-8H,2-5H2,1H3,(H,19,20)(H2,14,16,17)/t7-,8+/m1/s1. The summed E-state index contributed by atoms with van der Waals surface area (Å²) in [5.41, 5.74) is 6.57. The Bertz CT molecular complexity index is 769. The molecule has 0 bridgehead atoms. The van der Waals surface area contributed by atoms with E-state index in [9.17, 15) is 9.46 Å². The van der Waals surface area contributed by atoms with Crippen molar-refractivity contribution in [1.29, 1.82) is 0 Å². The van der Waals surface area contributed by atoms with Gasteiger partial charge in [-0.05, 0) is 19.8 Å². The summed E-state index contributed by atoms with van der Waals surface area (Å²) in [5, 5.41) is 0.188. The predicted octanol–water partition coefficient (Wildman–Crippen LogP) is 1.79. The van der Waals surface area contributed by atoms with E-state index in [1.807, 2.05) is 0 Å². The van der Waals surface area contributed by atoms with Crippen LogP contribution in [0.3, 0.4) is 0 Å². The molecule has 0 saturated carbocycles. The SMILES string of the molecule is CCOP(=O)(O)[C@H]1CC[C@H](Cn2cnc3c(Cl)nc(N)nc32)O1. The van der Waals surface area contributed by atoms with E-state index in [0.29, 0.717) is 30.6 Å². The molecule has 0 radical (unpaired) electrons. The fraction of sp³-hybridized carbons (Fsp3) is 0.583. The lowest BCUT2D eigenvalue weighted by molar-refractivity contribution is 0.0575. The highest BCUT2D eigenvalue weighted by molar-refractivity contribution is 7.53. The third-order valence-electron chi connectivity index (χ3n) is 3.60. The van der Waals surface area contributed by atoms with E-state index in [1.165, 1.54) is 0 Å². The van der Waals surface area contributed by atoms with Gasteiger partial charge < -0.3 is 24.5 Å². The molecule has 126 valence electrons. The van der Waals surface area contributed by atoms with Gasteiger partial charge in [0, 0.05) is 0 Å². The quantitative estimate of drug-likeness (QED) is 0.609. The lowest BCUT2D eigenvalue weighted by Gasteiger charge is -2.18. The van der Waals surface area contributed by atoms with E-state index >= 15 is 0 Å². The summed E-state index contributed by atoms with van der Waals surface area (Å²) < 4.78 is 24.3. The molecule has 11 heteroatoms. The summed E-state index contributed by atoms with van der Waals surface area (Å²) in [6.45, 7) is 2.26. The molecule has 1 aliphatic heterocycles. The number of imidazole rings is 1. The number of nitrogen functional groups attached to an aromatic ring is 1. The van der Waals surface area contributed by atoms with Crippen LogP contribution in [-0.4, -0.2) is 43.0 Å². The van der Waals surface area contributed by atoms with Crippen molar-refractivity contribution in [2.45, 2.75) is 38.3 Å². The number of aromatic nitrogens is 4. The molecule has 23 heavy (non-hydrogen) atoms. The molecule has 2 aromatic rings. The van der Waals surface area contributed by atoms with Crippen molar-refractivity contribution in [3.63, 3.8) is 0 Å². The van der Waals surface area contributed by atoms with Crippen LogP contribution in [-0.2, 0) is 20.4 Å². The van der Waals surface area contributed by atoms with Crippen molar-refractivity contribution in [2.75, 3.05) is 12.3 Å². The Morgan fingerprint density at radius 2 is 2.35 bits per heavy atom. The summed E-state index contributed by atoms with van der Waals surface area (Å²) in [7, 11) is -3.75. The topological polar surface area (TPSA) is 125 Å². The molecule has 2 aromatic heterocycles. The zero-order valence-electron chi connectivity index (χ0n) is 12.4. The Hall–Kier alpha value is -1.25. The number of anilines is 1. The fourth-order valence-corrected chi connectivity index (χ4v) is 4.17. The van der Waals surface area contributed by atoms with Gasteiger partial charge in [0.25, 0.3) is 0 Å². The Kier molecular flexibility index (Phi) is 4.57. The van der Waals surface area contributed by atoms with Gasteiger partial charge in [-0.3, -0.25) is 4.57 Å².